The Morgan fingerprint density at radius 3 is 2.58 bits per heavy atom. The summed E-state index contributed by atoms with van der Waals surface area (Å²) in [5.41, 5.74) is 2.68. The third kappa shape index (κ3) is 5.13. The van der Waals surface area contributed by atoms with E-state index in [1.165, 1.54) is 7.05 Å². The highest BCUT2D eigenvalue weighted by Crippen LogP contribution is 2.13. The Hall–Kier alpha value is -3.23. The number of hydrogen-bond acceptors (Lipinski definition) is 6. The first-order valence-corrected chi connectivity index (χ1v) is 7.95. The molecular formula is C17H20N4O5. The molecule has 138 valence electrons. The summed E-state index contributed by atoms with van der Waals surface area (Å²) >= 11 is 0. The number of imide groups is 1. The highest BCUT2D eigenvalue weighted by molar-refractivity contribution is 6.37. The molecule has 0 unspecified atom stereocenters. The molecule has 1 heterocycles. The molecule has 0 saturated heterocycles. The van der Waals surface area contributed by atoms with Crippen molar-refractivity contribution in [1.29, 1.82) is 0 Å². The molecule has 0 aromatic heterocycles. The smallest absolute Gasteiger partial charge is 0.355 e. The molecule has 2 N–H and O–H groups in total. The molecule has 4 amide bonds. The zero-order valence-electron chi connectivity index (χ0n) is 14.8. The number of aryl methyl sites for hydroxylation is 2. The summed E-state index contributed by atoms with van der Waals surface area (Å²) in [6.45, 7) is 3.22. The molecule has 1 aliphatic heterocycles. The molecular weight excluding hydrogens is 340 g/mol. The highest BCUT2D eigenvalue weighted by Gasteiger charge is 2.23. The van der Waals surface area contributed by atoms with Gasteiger partial charge < -0.3 is 10.1 Å². The van der Waals surface area contributed by atoms with Gasteiger partial charge >= 0.3 is 12.0 Å². The lowest BCUT2D eigenvalue weighted by molar-refractivity contribution is -0.142. The number of benzene rings is 1. The van der Waals surface area contributed by atoms with Gasteiger partial charge in [0.05, 0.1) is 0 Å². The third-order valence-electron chi connectivity index (χ3n) is 3.80. The van der Waals surface area contributed by atoms with Gasteiger partial charge in [-0.2, -0.15) is 5.10 Å². The third-order valence-corrected chi connectivity index (χ3v) is 3.80. The Morgan fingerprint density at radius 1 is 1.19 bits per heavy atom. The second kappa shape index (κ2) is 8.24. The van der Waals surface area contributed by atoms with Crippen molar-refractivity contribution in [3.8, 4) is 0 Å². The van der Waals surface area contributed by atoms with Crippen LogP contribution in [-0.4, -0.2) is 48.2 Å². The van der Waals surface area contributed by atoms with E-state index in [1.807, 2.05) is 19.9 Å². The predicted octanol–water partition coefficient (Wildman–Crippen LogP) is 1.10. The van der Waals surface area contributed by atoms with Gasteiger partial charge in [0, 0.05) is 25.6 Å². The van der Waals surface area contributed by atoms with Crippen molar-refractivity contribution in [2.75, 3.05) is 19.0 Å². The number of urea groups is 1. The fraction of sp³-hybridized carbons (Fsp3) is 0.353. The Kier molecular flexibility index (Phi) is 6.05. The Bertz CT molecular complexity index is 787. The van der Waals surface area contributed by atoms with Gasteiger partial charge in [-0.1, -0.05) is 6.07 Å². The number of amides is 4. The zero-order chi connectivity index (χ0) is 19.3. The summed E-state index contributed by atoms with van der Waals surface area (Å²) in [6, 6.07) is 4.61. The van der Waals surface area contributed by atoms with Crippen LogP contribution in [-0.2, 0) is 19.1 Å². The van der Waals surface area contributed by atoms with Crippen molar-refractivity contribution in [2.45, 2.75) is 26.7 Å². The standard InChI is InChI=1S/C17H20N4O5/c1-10-4-5-12(8-11(10)2)18-17(25)19-14(22)9-26-16(24)13-6-7-15(23)21(3)20-13/h4-5,8H,6-7,9H2,1-3H3,(H2,18,19,22,25). The normalized spacial score (nSPS) is 13.7. The van der Waals surface area contributed by atoms with E-state index in [9.17, 15) is 19.2 Å². The van der Waals surface area contributed by atoms with E-state index in [-0.39, 0.29) is 24.5 Å². The zero-order valence-corrected chi connectivity index (χ0v) is 14.8. The van der Waals surface area contributed by atoms with E-state index in [2.05, 4.69) is 15.7 Å². The van der Waals surface area contributed by atoms with E-state index in [0.717, 1.165) is 16.1 Å². The van der Waals surface area contributed by atoms with E-state index < -0.39 is 24.5 Å². The van der Waals surface area contributed by atoms with Crippen molar-refractivity contribution in [3.63, 3.8) is 0 Å². The predicted molar refractivity (Wildman–Crippen MR) is 93.5 cm³/mol. The SMILES string of the molecule is Cc1ccc(NC(=O)NC(=O)COC(=O)C2=NN(C)C(=O)CC2)cc1C. The molecule has 9 heteroatoms. The first-order chi connectivity index (χ1) is 12.3. The molecule has 0 aliphatic carbocycles. The van der Waals surface area contributed by atoms with Crippen LogP contribution in [0.1, 0.15) is 24.0 Å². The lowest BCUT2D eigenvalue weighted by Crippen LogP contribution is -2.38. The van der Waals surface area contributed by atoms with E-state index in [1.54, 1.807) is 12.1 Å². The summed E-state index contributed by atoms with van der Waals surface area (Å²) in [5, 5.41) is 9.43. The molecule has 0 radical (unpaired) electrons. The number of hydrogen-bond donors (Lipinski definition) is 2. The molecule has 0 atom stereocenters. The second-order valence-corrected chi connectivity index (χ2v) is 5.84. The fourth-order valence-electron chi connectivity index (χ4n) is 2.18. The van der Waals surface area contributed by atoms with Crippen molar-refractivity contribution >= 4 is 35.2 Å². The molecule has 9 nitrogen and oxygen atoms in total. The molecule has 0 fully saturated rings. The van der Waals surface area contributed by atoms with Crippen LogP contribution >= 0.6 is 0 Å². The Morgan fingerprint density at radius 2 is 1.92 bits per heavy atom. The summed E-state index contributed by atoms with van der Waals surface area (Å²) in [5.74, 6) is -1.78. The summed E-state index contributed by atoms with van der Waals surface area (Å²) < 4.78 is 4.81. The van der Waals surface area contributed by atoms with Gasteiger partial charge in [0.25, 0.3) is 5.91 Å². The largest absolute Gasteiger partial charge is 0.451 e. The van der Waals surface area contributed by atoms with Crippen molar-refractivity contribution in [1.82, 2.24) is 10.3 Å². The highest BCUT2D eigenvalue weighted by atomic mass is 16.5. The minimum atomic E-state index is -0.797. The number of nitrogens with one attached hydrogen (secondary N) is 2. The minimum absolute atomic E-state index is 0.0551. The van der Waals surface area contributed by atoms with Crippen LogP contribution in [0.15, 0.2) is 23.3 Å². The van der Waals surface area contributed by atoms with Gasteiger partial charge in [0.2, 0.25) is 5.91 Å². The number of carbonyl (C=O) groups excluding carboxylic acids is 4. The van der Waals surface area contributed by atoms with Gasteiger partial charge in [-0.15, -0.1) is 0 Å². The number of rotatable bonds is 4. The lowest BCUT2D eigenvalue weighted by Gasteiger charge is -2.18. The van der Waals surface area contributed by atoms with Gasteiger partial charge in [-0.25, -0.2) is 14.6 Å². The Balaban J connectivity index is 1.80. The average Bonchev–Trinajstić information content (AvgIpc) is 2.58. The first-order valence-electron chi connectivity index (χ1n) is 7.95. The molecule has 1 aliphatic rings. The van der Waals surface area contributed by atoms with Crippen LogP contribution < -0.4 is 10.6 Å². The molecule has 0 saturated carbocycles. The quantitative estimate of drug-likeness (QED) is 0.780. The molecule has 1 aromatic carbocycles. The van der Waals surface area contributed by atoms with Crippen molar-refractivity contribution in [2.24, 2.45) is 5.10 Å². The van der Waals surface area contributed by atoms with Crippen molar-refractivity contribution < 1.29 is 23.9 Å². The molecule has 0 spiro atoms. The minimum Gasteiger partial charge on any atom is -0.451 e. The van der Waals surface area contributed by atoms with Crippen LogP contribution in [0.25, 0.3) is 0 Å². The second-order valence-electron chi connectivity index (χ2n) is 5.84. The van der Waals surface area contributed by atoms with Crippen LogP contribution in [0.4, 0.5) is 10.5 Å². The number of anilines is 1. The molecule has 2 rings (SSSR count). The first kappa shape index (κ1) is 19.1. The topological polar surface area (TPSA) is 117 Å². The molecule has 0 bridgehead atoms. The number of esters is 1. The maximum absolute atomic E-state index is 11.8. The number of hydrazone groups is 1. The maximum atomic E-state index is 11.8. The average molecular weight is 360 g/mol. The van der Waals surface area contributed by atoms with E-state index in [4.69, 9.17) is 4.74 Å². The van der Waals surface area contributed by atoms with Crippen molar-refractivity contribution in [3.05, 3.63) is 29.3 Å². The summed E-state index contributed by atoms with van der Waals surface area (Å²) in [7, 11) is 1.43. The van der Waals surface area contributed by atoms with Gasteiger partial charge in [0.1, 0.15) is 5.71 Å². The van der Waals surface area contributed by atoms with Crippen LogP contribution in [0.3, 0.4) is 0 Å². The van der Waals surface area contributed by atoms with E-state index in [0.29, 0.717) is 5.69 Å². The molecule has 26 heavy (non-hydrogen) atoms. The number of nitrogens with zero attached hydrogens (tertiary/aromatic N) is 2. The maximum Gasteiger partial charge on any atom is 0.355 e. The summed E-state index contributed by atoms with van der Waals surface area (Å²) in [4.78, 5) is 46.6. The number of ether oxygens (including phenoxy) is 1. The fourth-order valence-corrected chi connectivity index (χ4v) is 2.18. The van der Waals surface area contributed by atoms with Crippen LogP contribution in [0, 0.1) is 13.8 Å². The lowest BCUT2D eigenvalue weighted by atomic mass is 10.1. The molecule has 1 aromatic rings. The summed E-state index contributed by atoms with van der Waals surface area (Å²) in [6.07, 6.45) is 0.298. The Labute approximate surface area is 150 Å². The van der Waals surface area contributed by atoms with E-state index >= 15 is 0 Å². The van der Waals surface area contributed by atoms with Gasteiger partial charge in [-0.05, 0) is 37.1 Å². The van der Waals surface area contributed by atoms with Gasteiger partial charge in [0.15, 0.2) is 6.61 Å². The van der Waals surface area contributed by atoms with Crippen LogP contribution in [0.5, 0.6) is 0 Å². The monoisotopic (exact) mass is 360 g/mol. The number of carbonyl (C=O) groups is 4. The van der Waals surface area contributed by atoms with Crippen LogP contribution in [0.2, 0.25) is 0 Å². The van der Waals surface area contributed by atoms with Gasteiger partial charge in [-0.3, -0.25) is 14.9 Å².